The lowest BCUT2D eigenvalue weighted by Gasteiger charge is -2.27. The smallest absolute Gasteiger partial charge is 0.0408 e. The average Bonchev–Trinajstić information content (AvgIpc) is 2.34. The highest BCUT2D eigenvalue weighted by atomic mass is 35.5. The lowest BCUT2D eigenvalue weighted by molar-refractivity contribution is 0.528. The van der Waals surface area contributed by atoms with Crippen LogP contribution in [0.2, 0.25) is 5.02 Å². The van der Waals surface area contributed by atoms with Crippen LogP contribution in [0.3, 0.4) is 0 Å². The van der Waals surface area contributed by atoms with E-state index >= 15 is 0 Å². The summed E-state index contributed by atoms with van der Waals surface area (Å²) in [6.07, 6.45) is 0.960. The zero-order valence-corrected chi connectivity index (χ0v) is 15.1. The molecule has 0 aliphatic carbocycles. The van der Waals surface area contributed by atoms with Crippen molar-refractivity contribution < 1.29 is 4.21 Å². The zero-order chi connectivity index (χ0) is 15.5. The molecule has 0 bridgehead atoms. The Morgan fingerprint density at radius 2 is 1.85 bits per heavy atom. The highest BCUT2D eigenvalue weighted by Gasteiger charge is 2.27. The molecule has 114 valence electrons. The first-order valence-corrected chi connectivity index (χ1v) is 9.03. The zero-order valence-electron chi connectivity index (χ0n) is 13.5. The van der Waals surface area contributed by atoms with Gasteiger partial charge in [-0.1, -0.05) is 38.4 Å². The second-order valence-electron chi connectivity index (χ2n) is 6.67. The van der Waals surface area contributed by atoms with Crippen LogP contribution in [0, 0.1) is 5.92 Å². The molecular weight excluding hydrogens is 288 g/mol. The fraction of sp³-hybridized carbons (Fsp3) is 0.647. The van der Waals surface area contributed by atoms with Crippen molar-refractivity contribution in [2.24, 2.45) is 5.92 Å². The Bertz CT molecular complexity index is 474. The monoisotopic (exact) mass is 314 g/mol. The van der Waals surface area contributed by atoms with Crippen molar-refractivity contribution in [3.05, 3.63) is 34.3 Å². The number of hydrogen-bond donors (Lipinski definition) is 0. The first-order valence-electron chi connectivity index (χ1n) is 7.33. The van der Waals surface area contributed by atoms with Crippen molar-refractivity contribution in [2.45, 2.75) is 58.6 Å². The third-order valence-electron chi connectivity index (χ3n) is 3.70. The Morgan fingerprint density at radius 3 is 2.30 bits per heavy atom. The van der Waals surface area contributed by atoms with Crippen LogP contribution in [-0.4, -0.2) is 14.7 Å². The van der Waals surface area contributed by atoms with E-state index in [9.17, 15) is 4.21 Å². The van der Waals surface area contributed by atoms with Gasteiger partial charge in [-0.25, -0.2) is 0 Å². The van der Waals surface area contributed by atoms with E-state index in [1.807, 2.05) is 32.9 Å². The van der Waals surface area contributed by atoms with Crippen molar-refractivity contribution in [1.82, 2.24) is 0 Å². The Balaban J connectivity index is 3.12. The van der Waals surface area contributed by atoms with Crippen molar-refractivity contribution in [3.63, 3.8) is 0 Å². The van der Waals surface area contributed by atoms with Gasteiger partial charge in [0.25, 0.3) is 0 Å². The van der Waals surface area contributed by atoms with Crippen LogP contribution in [0.5, 0.6) is 0 Å². The van der Waals surface area contributed by atoms with Crippen molar-refractivity contribution in [2.75, 3.05) is 5.75 Å². The standard InChI is InChI=1S/C17H27ClOS/c1-7-13-10-14(18)8-9-15(13)16(12(2)3)11-20(19)17(4,5)6/h8-10,12,16H,7,11H2,1-6H3. The highest BCUT2D eigenvalue weighted by Crippen LogP contribution is 2.32. The number of aryl methyl sites for hydroxylation is 1. The minimum atomic E-state index is -0.837. The quantitative estimate of drug-likeness (QED) is 0.731. The summed E-state index contributed by atoms with van der Waals surface area (Å²) in [4.78, 5) is 0. The number of hydrogen-bond acceptors (Lipinski definition) is 1. The van der Waals surface area contributed by atoms with E-state index in [0.29, 0.717) is 11.8 Å². The number of rotatable bonds is 5. The predicted molar refractivity (Wildman–Crippen MR) is 91.2 cm³/mol. The van der Waals surface area contributed by atoms with Crippen LogP contribution in [-0.2, 0) is 17.2 Å². The van der Waals surface area contributed by atoms with Gasteiger partial charge < -0.3 is 0 Å². The lowest BCUT2D eigenvalue weighted by atomic mass is 9.86. The molecule has 0 amide bonds. The van der Waals surface area contributed by atoms with E-state index in [-0.39, 0.29) is 4.75 Å². The van der Waals surface area contributed by atoms with Crippen LogP contribution in [0.15, 0.2) is 18.2 Å². The lowest BCUT2D eigenvalue weighted by Crippen LogP contribution is -2.28. The maximum Gasteiger partial charge on any atom is 0.0408 e. The Kier molecular flexibility index (Phi) is 6.27. The normalized spacial score (nSPS) is 15.4. The fourth-order valence-electron chi connectivity index (χ4n) is 2.30. The summed E-state index contributed by atoms with van der Waals surface area (Å²) in [5.74, 6) is 1.51. The molecule has 20 heavy (non-hydrogen) atoms. The third-order valence-corrected chi connectivity index (χ3v) is 5.97. The molecule has 0 radical (unpaired) electrons. The highest BCUT2D eigenvalue weighted by molar-refractivity contribution is 7.86. The van der Waals surface area contributed by atoms with E-state index in [2.05, 4.69) is 26.8 Å². The maximum atomic E-state index is 12.5. The van der Waals surface area contributed by atoms with Gasteiger partial charge in [-0.2, -0.15) is 0 Å². The van der Waals surface area contributed by atoms with Gasteiger partial charge in [-0.05, 0) is 62.3 Å². The predicted octanol–water partition coefficient (Wildman–Crippen LogP) is 5.19. The molecule has 0 spiro atoms. The number of benzene rings is 1. The summed E-state index contributed by atoms with van der Waals surface area (Å²) in [6, 6.07) is 6.11. The van der Waals surface area contributed by atoms with Crippen LogP contribution in [0.4, 0.5) is 0 Å². The molecule has 3 heteroatoms. The molecule has 0 fully saturated rings. The summed E-state index contributed by atoms with van der Waals surface area (Å²) in [5.41, 5.74) is 2.59. The molecule has 1 aromatic carbocycles. The minimum absolute atomic E-state index is 0.161. The van der Waals surface area contributed by atoms with E-state index in [1.165, 1.54) is 11.1 Å². The average molecular weight is 315 g/mol. The molecule has 0 aliphatic heterocycles. The summed E-state index contributed by atoms with van der Waals surface area (Å²) in [6.45, 7) is 12.7. The Labute approximate surface area is 131 Å². The molecule has 2 atom stereocenters. The SMILES string of the molecule is CCc1cc(Cl)ccc1C(CS(=O)C(C)(C)C)C(C)C. The van der Waals surface area contributed by atoms with Gasteiger partial charge in [-0.15, -0.1) is 0 Å². The summed E-state index contributed by atoms with van der Waals surface area (Å²) < 4.78 is 12.3. The Morgan fingerprint density at radius 1 is 1.25 bits per heavy atom. The van der Waals surface area contributed by atoms with Gasteiger partial charge in [0.1, 0.15) is 0 Å². The number of halogens is 1. The molecule has 1 nitrogen and oxygen atoms in total. The van der Waals surface area contributed by atoms with Crippen molar-refractivity contribution in [1.29, 1.82) is 0 Å². The van der Waals surface area contributed by atoms with Gasteiger partial charge in [0.2, 0.25) is 0 Å². The molecule has 1 rings (SSSR count). The van der Waals surface area contributed by atoms with Gasteiger partial charge in [0, 0.05) is 26.3 Å². The topological polar surface area (TPSA) is 17.1 Å². The molecule has 1 aromatic rings. The molecule has 0 aromatic heterocycles. The van der Waals surface area contributed by atoms with E-state index in [1.54, 1.807) is 0 Å². The summed E-state index contributed by atoms with van der Waals surface area (Å²) >= 11 is 6.10. The first-order chi connectivity index (χ1) is 9.16. The van der Waals surface area contributed by atoms with Gasteiger partial charge in [0.05, 0.1) is 0 Å². The van der Waals surface area contributed by atoms with Crippen LogP contribution in [0.25, 0.3) is 0 Å². The van der Waals surface area contributed by atoms with E-state index < -0.39 is 10.8 Å². The molecule has 0 saturated heterocycles. The fourth-order valence-corrected chi connectivity index (χ4v) is 3.88. The molecule has 0 N–H and O–H groups in total. The molecule has 0 heterocycles. The first kappa shape index (κ1) is 17.7. The second kappa shape index (κ2) is 7.09. The maximum absolute atomic E-state index is 12.5. The van der Waals surface area contributed by atoms with Gasteiger partial charge >= 0.3 is 0 Å². The molecular formula is C17H27ClOS. The van der Waals surface area contributed by atoms with Crippen molar-refractivity contribution in [3.8, 4) is 0 Å². The van der Waals surface area contributed by atoms with Gasteiger partial charge in [0.15, 0.2) is 0 Å². The summed E-state index contributed by atoms with van der Waals surface area (Å²) in [5, 5.41) is 0.782. The van der Waals surface area contributed by atoms with Crippen LogP contribution in [0.1, 0.15) is 58.6 Å². The minimum Gasteiger partial charge on any atom is -0.259 e. The van der Waals surface area contributed by atoms with E-state index in [0.717, 1.165) is 17.2 Å². The largest absolute Gasteiger partial charge is 0.259 e. The van der Waals surface area contributed by atoms with E-state index in [4.69, 9.17) is 11.6 Å². The molecule has 2 unspecified atom stereocenters. The molecule has 0 aliphatic rings. The van der Waals surface area contributed by atoms with Crippen molar-refractivity contribution >= 4 is 22.4 Å². The second-order valence-corrected chi connectivity index (χ2v) is 9.36. The Hall–Kier alpha value is -0.340. The van der Waals surface area contributed by atoms with Crippen LogP contribution < -0.4 is 0 Å². The van der Waals surface area contributed by atoms with Gasteiger partial charge in [-0.3, -0.25) is 4.21 Å². The summed E-state index contributed by atoms with van der Waals surface area (Å²) in [7, 11) is -0.837. The van der Waals surface area contributed by atoms with Crippen LogP contribution >= 0.6 is 11.6 Å². The third kappa shape index (κ3) is 4.60. The molecule has 0 saturated carbocycles.